The molecule has 0 saturated heterocycles. The van der Waals surface area contributed by atoms with Crippen molar-refractivity contribution in [3.8, 4) is 0 Å². The van der Waals surface area contributed by atoms with Crippen LogP contribution in [0.25, 0.3) is 0 Å². The van der Waals surface area contributed by atoms with Gasteiger partial charge in [-0.1, -0.05) is 105 Å². The van der Waals surface area contributed by atoms with Crippen LogP contribution in [0.3, 0.4) is 0 Å². The molecule has 0 N–H and O–H groups in total. The van der Waals surface area contributed by atoms with E-state index in [1.807, 2.05) is 72.8 Å². The molecule has 3 rings (SSSR count). The summed E-state index contributed by atoms with van der Waals surface area (Å²) in [7, 11) is -0.931. The largest absolute Gasteiger partial charge is 3.00 e. The van der Waals surface area contributed by atoms with E-state index in [0.717, 1.165) is 17.5 Å². The summed E-state index contributed by atoms with van der Waals surface area (Å²) in [6.45, 7) is 26.3. The van der Waals surface area contributed by atoms with Gasteiger partial charge in [0.25, 0.3) is 0 Å². The molecule has 0 amide bonds. The molecule has 7 heteroatoms. The van der Waals surface area contributed by atoms with Gasteiger partial charge in [0.05, 0.1) is 0 Å². The Morgan fingerprint density at radius 2 is 1.10 bits per heavy atom. The third kappa shape index (κ3) is 27.5. The molecule has 0 nitrogen and oxygen atoms in total. The van der Waals surface area contributed by atoms with Crippen LogP contribution < -0.4 is 0 Å². The third-order valence-electron chi connectivity index (χ3n) is 7.06. The first kappa shape index (κ1) is 46.4. The van der Waals surface area contributed by atoms with Gasteiger partial charge in [0.2, 0.25) is 0 Å². The quantitative estimate of drug-likeness (QED) is 0.129. The predicted molar refractivity (Wildman–Crippen MR) is 203 cm³/mol. The number of halogens is 2. The first-order chi connectivity index (χ1) is 19.4. The normalized spacial score (nSPS) is 12.1. The molecule has 42 heavy (non-hydrogen) atoms. The minimum absolute atomic E-state index is 0. The van der Waals surface area contributed by atoms with Crippen LogP contribution in [0.5, 0.6) is 0 Å². The topological polar surface area (TPSA) is 0 Å². The van der Waals surface area contributed by atoms with Crippen molar-refractivity contribution in [2.75, 3.05) is 0 Å². The monoisotopic (exact) mass is 751 g/mol. The van der Waals surface area contributed by atoms with Gasteiger partial charge in [0.1, 0.15) is 17.7 Å². The SMILES string of the molecule is CCCC[Si](C)C(C)(C)[SiH2]Cl.CCCC[Si](C)C(C)(C)[SiH2]Cl.[C-]1=CC=CC1.[CH2-]c1ccccc1.[CH2-]c1ccccc1.[Zr+3]. The number of hydrogen-bond acceptors (Lipinski definition) is 0. The van der Waals surface area contributed by atoms with Gasteiger partial charge in [-0.2, -0.15) is 77.5 Å². The van der Waals surface area contributed by atoms with Gasteiger partial charge in [0, 0.05) is 17.6 Å². The summed E-state index contributed by atoms with van der Waals surface area (Å²) < 4.78 is 1.11. The Balaban J connectivity index is -0.000000460. The van der Waals surface area contributed by atoms with Crippen LogP contribution in [0.1, 0.15) is 84.8 Å². The van der Waals surface area contributed by atoms with Crippen LogP contribution in [0.2, 0.25) is 34.5 Å². The van der Waals surface area contributed by atoms with E-state index in [2.05, 4.69) is 80.6 Å². The van der Waals surface area contributed by atoms with E-state index >= 15 is 0 Å². The second-order valence-corrected chi connectivity index (χ2v) is 25.7. The van der Waals surface area contributed by atoms with Gasteiger partial charge in [0.15, 0.2) is 0 Å². The fourth-order valence-electron chi connectivity index (χ4n) is 3.09. The molecule has 0 spiro atoms. The standard InChI is InChI=1S/2C8H20ClSi2.2C7H7.C5H5.Zr/c2*1-5-6-7-11(4)8(2,3)10-9;2*1-7-5-3-2-4-6-7;1-2-4-5-3-1;/h2*5-7,10H2,1-4H3;2*2-6H,1H2;1-3H,4H2;/q;;3*-1;+3. The fraction of sp³-hybridized carbons (Fsp3) is 0.486. The van der Waals surface area contributed by atoms with Crippen molar-refractivity contribution in [1.29, 1.82) is 0 Å². The maximum absolute atomic E-state index is 6.03. The molecule has 3 radical (unpaired) electrons. The first-order valence-corrected chi connectivity index (χ1v) is 25.2. The maximum atomic E-state index is 6.03. The Kier molecular flexibility index (Phi) is 32.8. The molecular formula is C35H59Cl2Si4Zr. The van der Waals surface area contributed by atoms with E-state index in [4.69, 9.17) is 22.2 Å². The molecule has 0 atom stereocenters. The molecule has 0 heterocycles. The molecule has 2 aromatic carbocycles. The van der Waals surface area contributed by atoms with Crippen LogP contribution in [-0.2, 0) is 26.2 Å². The molecule has 0 aliphatic heterocycles. The van der Waals surface area contributed by atoms with Crippen LogP contribution in [-0.4, -0.2) is 35.3 Å². The Labute approximate surface area is 299 Å². The van der Waals surface area contributed by atoms with E-state index in [1.54, 1.807) is 0 Å². The summed E-state index contributed by atoms with van der Waals surface area (Å²) in [6, 6.07) is 22.7. The first-order valence-electron chi connectivity index (χ1n) is 15.1. The summed E-state index contributed by atoms with van der Waals surface area (Å²) >= 11 is 12.1. The summed E-state index contributed by atoms with van der Waals surface area (Å²) in [5, 5.41) is 0. The zero-order valence-electron chi connectivity index (χ0n) is 28.0. The Morgan fingerprint density at radius 1 is 0.738 bits per heavy atom. The molecule has 1 aliphatic rings. The fourth-order valence-corrected chi connectivity index (χ4v) is 13.2. The molecule has 2 aromatic rings. The van der Waals surface area contributed by atoms with E-state index < -0.39 is 0 Å². The average Bonchev–Trinajstić information content (AvgIpc) is 3.57. The molecule has 1 aliphatic carbocycles. The van der Waals surface area contributed by atoms with E-state index in [1.165, 1.54) is 37.8 Å². The molecule has 233 valence electrons. The molecule has 0 bridgehead atoms. The van der Waals surface area contributed by atoms with Crippen molar-refractivity contribution in [1.82, 2.24) is 0 Å². The van der Waals surface area contributed by atoms with Gasteiger partial charge >= 0.3 is 26.2 Å². The number of rotatable bonds is 10. The van der Waals surface area contributed by atoms with Crippen molar-refractivity contribution in [3.63, 3.8) is 0 Å². The van der Waals surface area contributed by atoms with E-state index in [9.17, 15) is 0 Å². The van der Waals surface area contributed by atoms with Gasteiger partial charge in [-0.25, -0.2) is 12.2 Å². The maximum Gasteiger partial charge on any atom is 3.00 e. The van der Waals surface area contributed by atoms with Crippen LogP contribution in [0.15, 0.2) is 78.9 Å². The molecule has 0 saturated carbocycles. The Bertz CT molecular complexity index is 817. The van der Waals surface area contributed by atoms with Crippen molar-refractivity contribution < 1.29 is 26.2 Å². The summed E-state index contributed by atoms with van der Waals surface area (Å²) in [5.41, 5.74) is 2.14. The van der Waals surface area contributed by atoms with Crippen molar-refractivity contribution in [3.05, 3.63) is 110 Å². The summed E-state index contributed by atoms with van der Waals surface area (Å²) in [6.07, 6.45) is 15.5. The minimum atomic E-state index is -0.316. The Hall–Kier alpha value is -0.00935. The molecule has 0 unspecified atom stereocenters. The van der Waals surface area contributed by atoms with Crippen molar-refractivity contribution in [2.24, 2.45) is 0 Å². The summed E-state index contributed by atoms with van der Waals surface area (Å²) in [4.78, 5) is 0. The molecule has 0 fully saturated rings. The van der Waals surface area contributed by atoms with Crippen molar-refractivity contribution >= 4 is 57.4 Å². The second kappa shape index (κ2) is 29.7. The predicted octanol–water partition coefficient (Wildman–Crippen LogP) is 11.0. The van der Waals surface area contributed by atoms with Gasteiger partial charge < -0.3 is 0 Å². The van der Waals surface area contributed by atoms with Crippen LogP contribution in [0.4, 0.5) is 0 Å². The van der Waals surface area contributed by atoms with Crippen LogP contribution in [0, 0.1) is 19.9 Å². The number of allylic oxidation sites excluding steroid dienone is 4. The zero-order valence-corrected chi connectivity index (χ0v) is 36.8. The minimum Gasteiger partial charge on any atom is -0.273 e. The summed E-state index contributed by atoms with van der Waals surface area (Å²) in [5.74, 6) is 0. The third-order valence-corrected chi connectivity index (χ3v) is 25.3. The van der Waals surface area contributed by atoms with Gasteiger partial charge in [-0.05, 0) is 9.32 Å². The number of hydrogen-bond donors (Lipinski definition) is 0. The molecule has 0 aromatic heterocycles. The second-order valence-electron chi connectivity index (χ2n) is 11.8. The van der Waals surface area contributed by atoms with E-state index in [0.29, 0.717) is 9.32 Å². The number of benzene rings is 2. The van der Waals surface area contributed by atoms with Gasteiger partial charge in [-0.15, -0.1) is 30.7 Å². The van der Waals surface area contributed by atoms with Crippen LogP contribution >= 0.6 is 22.2 Å². The molecular weight excluding hydrogens is 695 g/mol. The van der Waals surface area contributed by atoms with E-state index in [-0.39, 0.29) is 61.5 Å². The zero-order chi connectivity index (χ0) is 31.6. The number of unbranched alkanes of at least 4 members (excludes halogenated alkanes) is 2. The average molecular weight is 754 g/mol. The smallest absolute Gasteiger partial charge is 0.273 e. The van der Waals surface area contributed by atoms with Crippen molar-refractivity contribution in [2.45, 2.75) is 108 Å². The Morgan fingerprint density at radius 3 is 1.26 bits per heavy atom. The van der Waals surface area contributed by atoms with Gasteiger partial charge in [-0.3, -0.25) is 6.08 Å².